The molecule has 0 aliphatic carbocycles. The van der Waals surface area contributed by atoms with Crippen molar-refractivity contribution in [3.63, 3.8) is 0 Å². The number of H-pyrrole nitrogens is 1. The highest BCUT2D eigenvalue weighted by molar-refractivity contribution is 5.81. The first-order valence-corrected chi connectivity index (χ1v) is 7.51. The number of rotatable bonds is 3. The predicted octanol–water partition coefficient (Wildman–Crippen LogP) is 3.91. The zero-order valence-corrected chi connectivity index (χ0v) is 12.7. The molecule has 0 unspecified atom stereocenters. The van der Waals surface area contributed by atoms with Crippen LogP contribution in [-0.4, -0.2) is 25.0 Å². The van der Waals surface area contributed by atoms with Crippen LogP contribution in [0.4, 0.5) is 0 Å². The van der Waals surface area contributed by atoms with E-state index < -0.39 is 0 Å². The number of hydrogen-bond donors (Lipinski definition) is 2. The zero-order chi connectivity index (χ0) is 16.4. The summed E-state index contributed by atoms with van der Waals surface area (Å²) in [4.78, 5) is 16.3. The van der Waals surface area contributed by atoms with Crippen LogP contribution in [0.1, 0.15) is 0 Å². The van der Waals surface area contributed by atoms with Gasteiger partial charge in [0.15, 0.2) is 0 Å². The highest BCUT2D eigenvalue weighted by Crippen LogP contribution is 2.33. The van der Waals surface area contributed by atoms with Gasteiger partial charge in [-0.1, -0.05) is 30.3 Å². The van der Waals surface area contributed by atoms with E-state index in [9.17, 15) is 5.11 Å². The van der Waals surface area contributed by atoms with Gasteiger partial charge in [-0.3, -0.25) is 9.97 Å². The van der Waals surface area contributed by atoms with Crippen LogP contribution in [0.5, 0.6) is 5.75 Å². The van der Waals surface area contributed by atoms with E-state index in [1.54, 1.807) is 24.7 Å². The lowest BCUT2D eigenvalue weighted by atomic mass is 10.1. The van der Waals surface area contributed by atoms with Crippen molar-refractivity contribution in [1.82, 2.24) is 19.9 Å². The van der Waals surface area contributed by atoms with E-state index >= 15 is 0 Å². The monoisotopic (exact) mass is 314 g/mol. The van der Waals surface area contributed by atoms with Crippen molar-refractivity contribution in [2.75, 3.05) is 0 Å². The molecule has 0 aliphatic rings. The summed E-state index contributed by atoms with van der Waals surface area (Å²) < 4.78 is 0. The maximum absolute atomic E-state index is 9.75. The van der Waals surface area contributed by atoms with Crippen LogP contribution in [-0.2, 0) is 0 Å². The van der Waals surface area contributed by atoms with Gasteiger partial charge in [-0.05, 0) is 18.2 Å². The van der Waals surface area contributed by atoms with Gasteiger partial charge in [-0.15, -0.1) is 0 Å². The SMILES string of the molecule is Oc1cncc(-c2nc(-c3ccccc3)[nH]c2-c2ccncc2)c1. The van der Waals surface area contributed by atoms with Crippen molar-refractivity contribution in [3.8, 4) is 39.7 Å². The summed E-state index contributed by atoms with van der Waals surface area (Å²) in [6.07, 6.45) is 6.57. The summed E-state index contributed by atoms with van der Waals surface area (Å²) in [6.45, 7) is 0. The minimum absolute atomic E-state index is 0.109. The Balaban J connectivity index is 1.92. The molecule has 0 aliphatic heterocycles. The van der Waals surface area contributed by atoms with Gasteiger partial charge in [-0.25, -0.2) is 4.98 Å². The van der Waals surface area contributed by atoms with E-state index in [4.69, 9.17) is 4.98 Å². The summed E-state index contributed by atoms with van der Waals surface area (Å²) in [5, 5.41) is 9.75. The molecular weight excluding hydrogens is 300 g/mol. The highest BCUT2D eigenvalue weighted by Gasteiger charge is 2.15. The largest absolute Gasteiger partial charge is 0.506 e. The molecule has 2 N–H and O–H groups in total. The Kier molecular flexibility index (Phi) is 3.51. The summed E-state index contributed by atoms with van der Waals surface area (Å²) >= 11 is 0. The lowest BCUT2D eigenvalue weighted by Crippen LogP contribution is -1.85. The smallest absolute Gasteiger partial charge is 0.138 e. The molecule has 4 rings (SSSR count). The van der Waals surface area contributed by atoms with Gasteiger partial charge in [0.1, 0.15) is 11.6 Å². The number of hydrogen-bond acceptors (Lipinski definition) is 4. The topological polar surface area (TPSA) is 74.7 Å². The van der Waals surface area contributed by atoms with Crippen LogP contribution < -0.4 is 0 Å². The van der Waals surface area contributed by atoms with Gasteiger partial charge in [0.2, 0.25) is 0 Å². The standard InChI is InChI=1S/C19H14N4O/c24-16-10-15(11-21-12-16)18-17(13-6-8-20-9-7-13)22-19(23-18)14-4-2-1-3-5-14/h1-12,24H,(H,22,23). The van der Waals surface area contributed by atoms with Crippen molar-refractivity contribution in [3.05, 3.63) is 73.3 Å². The number of pyridine rings is 2. The molecule has 0 atom stereocenters. The van der Waals surface area contributed by atoms with Crippen LogP contribution in [0, 0.1) is 0 Å². The number of aromatic hydroxyl groups is 1. The fraction of sp³-hybridized carbons (Fsp3) is 0. The van der Waals surface area contributed by atoms with Gasteiger partial charge >= 0.3 is 0 Å². The Morgan fingerprint density at radius 2 is 1.58 bits per heavy atom. The maximum atomic E-state index is 9.75. The third-order valence-electron chi connectivity index (χ3n) is 3.72. The highest BCUT2D eigenvalue weighted by atomic mass is 16.3. The molecule has 1 aromatic carbocycles. The number of nitrogens with one attached hydrogen (secondary N) is 1. The summed E-state index contributed by atoms with van der Waals surface area (Å²) in [7, 11) is 0. The minimum Gasteiger partial charge on any atom is -0.506 e. The number of imidazole rings is 1. The number of nitrogens with zero attached hydrogens (tertiary/aromatic N) is 3. The average Bonchev–Trinajstić information content (AvgIpc) is 3.09. The van der Waals surface area contributed by atoms with Crippen molar-refractivity contribution < 1.29 is 5.11 Å². The van der Waals surface area contributed by atoms with Gasteiger partial charge in [0.25, 0.3) is 0 Å². The van der Waals surface area contributed by atoms with Gasteiger partial charge in [0.05, 0.1) is 17.6 Å². The third kappa shape index (κ3) is 2.63. The van der Waals surface area contributed by atoms with Crippen molar-refractivity contribution in [1.29, 1.82) is 0 Å². The van der Waals surface area contributed by atoms with Crippen molar-refractivity contribution in [2.24, 2.45) is 0 Å². The molecule has 0 saturated heterocycles. The normalized spacial score (nSPS) is 10.7. The molecule has 5 heteroatoms. The van der Waals surface area contributed by atoms with Crippen LogP contribution in [0.15, 0.2) is 73.3 Å². The molecule has 0 radical (unpaired) electrons. The molecule has 0 amide bonds. The fourth-order valence-corrected chi connectivity index (χ4v) is 2.60. The van der Waals surface area contributed by atoms with Crippen LogP contribution >= 0.6 is 0 Å². The lowest BCUT2D eigenvalue weighted by Gasteiger charge is -2.02. The van der Waals surface area contributed by atoms with E-state index in [-0.39, 0.29) is 5.75 Å². The van der Waals surface area contributed by atoms with Crippen LogP contribution in [0.2, 0.25) is 0 Å². The Morgan fingerprint density at radius 3 is 2.33 bits per heavy atom. The van der Waals surface area contributed by atoms with E-state index in [0.717, 1.165) is 33.9 Å². The van der Waals surface area contributed by atoms with Crippen molar-refractivity contribution >= 4 is 0 Å². The fourth-order valence-electron chi connectivity index (χ4n) is 2.60. The Bertz CT molecular complexity index is 965. The Labute approximate surface area is 138 Å². The molecule has 0 fully saturated rings. The summed E-state index contributed by atoms with van der Waals surface area (Å²) in [6, 6.07) is 15.4. The number of aromatic nitrogens is 4. The quantitative estimate of drug-likeness (QED) is 0.601. The second-order valence-electron chi connectivity index (χ2n) is 5.34. The molecule has 116 valence electrons. The summed E-state index contributed by atoms with van der Waals surface area (Å²) in [5.74, 6) is 0.873. The van der Waals surface area contributed by atoms with Gasteiger partial charge in [0, 0.05) is 35.3 Å². The van der Waals surface area contributed by atoms with E-state index in [2.05, 4.69) is 15.0 Å². The first-order chi connectivity index (χ1) is 11.8. The van der Waals surface area contributed by atoms with E-state index in [1.807, 2.05) is 42.5 Å². The zero-order valence-electron chi connectivity index (χ0n) is 12.7. The summed E-state index contributed by atoms with van der Waals surface area (Å²) in [5.41, 5.74) is 4.32. The second-order valence-corrected chi connectivity index (χ2v) is 5.34. The molecule has 4 aromatic rings. The van der Waals surface area contributed by atoms with Gasteiger partial charge in [-0.2, -0.15) is 0 Å². The van der Waals surface area contributed by atoms with Crippen LogP contribution in [0.25, 0.3) is 33.9 Å². The Morgan fingerprint density at radius 1 is 0.792 bits per heavy atom. The molecule has 3 heterocycles. The van der Waals surface area contributed by atoms with Gasteiger partial charge < -0.3 is 10.1 Å². The Hall–Kier alpha value is -3.47. The molecular formula is C19H14N4O. The van der Waals surface area contributed by atoms with Crippen molar-refractivity contribution in [2.45, 2.75) is 0 Å². The average molecular weight is 314 g/mol. The molecule has 3 aromatic heterocycles. The van der Waals surface area contributed by atoms with E-state index in [0.29, 0.717) is 0 Å². The number of benzene rings is 1. The van der Waals surface area contributed by atoms with Crippen LogP contribution in [0.3, 0.4) is 0 Å². The number of aromatic amines is 1. The molecule has 24 heavy (non-hydrogen) atoms. The molecule has 0 saturated carbocycles. The first-order valence-electron chi connectivity index (χ1n) is 7.51. The van der Waals surface area contributed by atoms with E-state index in [1.165, 1.54) is 6.20 Å². The minimum atomic E-state index is 0.109. The predicted molar refractivity (Wildman–Crippen MR) is 92.2 cm³/mol. The molecule has 5 nitrogen and oxygen atoms in total. The maximum Gasteiger partial charge on any atom is 0.138 e. The third-order valence-corrected chi connectivity index (χ3v) is 3.72. The lowest BCUT2D eigenvalue weighted by molar-refractivity contribution is 0.473. The molecule has 0 spiro atoms. The molecule has 0 bridgehead atoms. The first kappa shape index (κ1) is 14.1. The second kappa shape index (κ2) is 5.96.